The third kappa shape index (κ3) is 1.95. The van der Waals surface area contributed by atoms with Gasteiger partial charge in [0.05, 0.1) is 5.41 Å². The van der Waals surface area contributed by atoms with Crippen LogP contribution in [0.25, 0.3) is 0 Å². The van der Waals surface area contributed by atoms with Crippen LogP contribution in [0.2, 0.25) is 0 Å². The van der Waals surface area contributed by atoms with Crippen molar-refractivity contribution in [1.29, 1.82) is 0 Å². The molecule has 1 aromatic heterocycles. The molecule has 1 N–H and O–H groups in total. The molecule has 1 saturated heterocycles. The Morgan fingerprint density at radius 2 is 2.08 bits per heavy atom. The van der Waals surface area contributed by atoms with Gasteiger partial charge in [-0.3, -0.25) is 14.7 Å². The highest BCUT2D eigenvalue weighted by molar-refractivity contribution is 6.08. The van der Waals surface area contributed by atoms with Gasteiger partial charge in [0, 0.05) is 37.1 Å². The van der Waals surface area contributed by atoms with Crippen molar-refractivity contribution in [2.24, 2.45) is 0 Å². The number of para-hydroxylation sites is 1. The topological polar surface area (TPSA) is 69.3 Å². The summed E-state index contributed by atoms with van der Waals surface area (Å²) in [5, 5.41) is 7.32. The number of carbonyl (C=O) groups excluding carboxylic acids is 2. The highest BCUT2D eigenvalue weighted by Crippen LogP contribution is 2.46. The molecular formula is C20H22N4O2. The molecule has 6 nitrogen and oxygen atoms in total. The maximum Gasteiger partial charge on any atom is 0.274 e. The Morgan fingerprint density at radius 1 is 1.23 bits per heavy atom. The highest BCUT2D eigenvalue weighted by atomic mass is 16.2. The molecule has 1 fully saturated rings. The predicted octanol–water partition coefficient (Wildman–Crippen LogP) is 2.05. The molecule has 0 bridgehead atoms. The largest absolute Gasteiger partial charge is 0.336 e. The number of carbonyl (C=O) groups is 2. The molecular weight excluding hydrogens is 328 g/mol. The van der Waals surface area contributed by atoms with E-state index in [1.165, 1.54) is 0 Å². The van der Waals surface area contributed by atoms with Crippen LogP contribution in [0.5, 0.6) is 0 Å². The summed E-state index contributed by atoms with van der Waals surface area (Å²) in [4.78, 5) is 29.9. The maximum absolute atomic E-state index is 13.2. The van der Waals surface area contributed by atoms with Gasteiger partial charge in [-0.15, -0.1) is 0 Å². The quantitative estimate of drug-likeness (QED) is 0.856. The number of aromatic nitrogens is 2. The Morgan fingerprint density at radius 3 is 2.96 bits per heavy atom. The summed E-state index contributed by atoms with van der Waals surface area (Å²) in [5.74, 6) is 0.0618. The molecule has 1 atom stereocenters. The van der Waals surface area contributed by atoms with Gasteiger partial charge in [-0.2, -0.15) is 5.10 Å². The Balaban J connectivity index is 1.50. The Bertz CT molecular complexity index is 918. The normalized spacial score (nSPS) is 24.3. The number of aryl methyl sites for hydroxylation is 1. The van der Waals surface area contributed by atoms with Gasteiger partial charge in [0.15, 0.2) is 5.69 Å². The predicted molar refractivity (Wildman–Crippen MR) is 97.3 cm³/mol. The molecule has 3 aliphatic rings. The number of aromatic amines is 1. The van der Waals surface area contributed by atoms with Crippen molar-refractivity contribution >= 4 is 17.5 Å². The zero-order valence-corrected chi connectivity index (χ0v) is 14.9. The van der Waals surface area contributed by atoms with Gasteiger partial charge >= 0.3 is 0 Å². The minimum absolute atomic E-state index is 0.0386. The van der Waals surface area contributed by atoms with Crippen molar-refractivity contribution in [3.63, 3.8) is 0 Å². The summed E-state index contributed by atoms with van der Waals surface area (Å²) in [5.41, 5.74) is 4.14. The third-order valence-electron chi connectivity index (χ3n) is 6.28. The number of nitrogens with zero attached hydrogens (tertiary/aromatic N) is 3. The van der Waals surface area contributed by atoms with Gasteiger partial charge in [-0.1, -0.05) is 18.2 Å². The van der Waals surface area contributed by atoms with E-state index in [-0.39, 0.29) is 11.8 Å². The van der Waals surface area contributed by atoms with Crippen molar-refractivity contribution in [3.05, 3.63) is 46.8 Å². The van der Waals surface area contributed by atoms with E-state index in [9.17, 15) is 9.59 Å². The van der Waals surface area contributed by atoms with Gasteiger partial charge in [-0.05, 0) is 43.7 Å². The number of amides is 2. The number of rotatable bonds is 1. The number of anilines is 1. The standard InChI is InChI=1S/C20H22N4O2/c1-23-16-9-3-2-7-14(16)20(19(23)26)10-5-11-24(12-20)18(25)17-13-6-4-8-15(13)21-22-17/h2-3,7,9H,4-6,8,10-12H2,1H3,(H,21,22)/t20-/m1/s1. The second-order valence-corrected chi connectivity index (χ2v) is 7.68. The lowest BCUT2D eigenvalue weighted by atomic mass is 9.75. The van der Waals surface area contributed by atoms with Crippen molar-refractivity contribution in [1.82, 2.24) is 15.1 Å². The lowest BCUT2D eigenvalue weighted by Gasteiger charge is -2.39. The molecule has 2 aliphatic heterocycles. The number of benzene rings is 1. The van der Waals surface area contributed by atoms with Gasteiger partial charge in [-0.25, -0.2) is 0 Å². The SMILES string of the molecule is CN1C(=O)[C@@]2(CCCN(C(=O)c3n[nH]c4c3CCC4)C2)c2ccccc21. The minimum atomic E-state index is -0.612. The Hall–Kier alpha value is -2.63. The number of H-pyrrole nitrogens is 1. The number of nitrogens with one attached hydrogen (secondary N) is 1. The van der Waals surface area contributed by atoms with Crippen LogP contribution in [-0.4, -0.2) is 47.0 Å². The molecule has 6 heteroatoms. The van der Waals surface area contributed by atoms with E-state index in [4.69, 9.17) is 0 Å². The van der Waals surface area contributed by atoms with E-state index in [0.29, 0.717) is 18.8 Å². The van der Waals surface area contributed by atoms with Crippen LogP contribution in [0.15, 0.2) is 24.3 Å². The number of likely N-dealkylation sites (N-methyl/N-ethyl adjacent to an activating group) is 1. The first kappa shape index (κ1) is 15.6. The smallest absolute Gasteiger partial charge is 0.274 e. The summed E-state index contributed by atoms with van der Waals surface area (Å²) in [6, 6.07) is 7.97. The molecule has 26 heavy (non-hydrogen) atoms. The molecule has 2 aromatic rings. The zero-order chi connectivity index (χ0) is 17.9. The zero-order valence-electron chi connectivity index (χ0n) is 14.9. The minimum Gasteiger partial charge on any atom is -0.336 e. The van der Waals surface area contributed by atoms with Gasteiger partial charge in [0.2, 0.25) is 5.91 Å². The lowest BCUT2D eigenvalue weighted by Crippen LogP contribution is -2.53. The molecule has 1 aliphatic carbocycles. The molecule has 0 radical (unpaired) electrons. The van der Waals surface area contributed by atoms with Gasteiger partial charge in [0.25, 0.3) is 5.91 Å². The number of hydrogen-bond donors (Lipinski definition) is 1. The van der Waals surface area contributed by atoms with E-state index in [2.05, 4.69) is 10.2 Å². The first-order chi connectivity index (χ1) is 12.6. The van der Waals surface area contributed by atoms with Gasteiger partial charge in [0.1, 0.15) is 0 Å². The molecule has 0 saturated carbocycles. The molecule has 1 spiro atoms. The van der Waals surface area contributed by atoms with Crippen LogP contribution in [0.4, 0.5) is 5.69 Å². The number of piperidine rings is 1. The summed E-state index contributed by atoms with van der Waals surface area (Å²) in [6.45, 7) is 1.12. The van der Waals surface area contributed by atoms with Crippen molar-refractivity contribution < 1.29 is 9.59 Å². The summed E-state index contributed by atoms with van der Waals surface area (Å²) in [6.07, 6.45) is 4.57. The van der Waals surface area contributed by atoms with E-state index in [0.717, 1.165) is 54.6 Å². The van der Waals surface area contributed by atoms with Crippen LogP contribution in [-0.2, 0) is 23.1 Å². The second kappa shape index (κ2) is 5.43. The summed E-state index contributed by atoms with van der Waals surface area (Å²) in [7, 11) is 1.83. The molecule has 0 unspecified atom stereocenters. The molecule has 1 aromatic carbocycles. The van der Waals surface area contributed by atoms with Crippen molar-refractivity contribution in [2.45, 2.75) is 37.5 Å². The fraction of sp³-hybridized carbons (Fsp3) is 0.450. The fourth-order valence-corrected chi connectivity index (χ4v) is 4.99. The Kier molecular flexibility index (Phi) is 3.26. The average Bonchev–Trinajstić information content (AvgIpc) is 3.34. The number of hydrogen-bond acceptors (Lipinski definition) is 3. The monoisotopic (exact) mass is 350 g/mol. The second-order valence-electron chi connectivity index (χ2n) is 7.68. The fourth-order valence-electron chi connectivity index (χ4n) is 4.99. The van der Waals surface area contributed by atoms with Crippen molar-refractivity contribution in [2.75, 3.05) is 25.0 Å². The first-order valence-corrected chi connectivity index (χ1v) is 9.35. The van der Waals surface area contributed by atoms with Crippen LogP contribution in [0, 0.1) is 0 Å². The number of fused-ring (bicyclic) bond motifs is 3. The maximum atomic E-state index is 13.2. The molecule has 5 rings (SSSR count). The number of likely N-dealkylation sites (tertiary alicyclic amines) is 1. The summed E-state index contributed by atoms with van der Waals surface area (Å²) >= 11 is 0. The third-order valence-corrected chi connectivity index (χ3v) is 6.28. The molecule has 134 valence electrons. The first-order valence-electron chi connectivity index (χ1n) is 9.35. The Labute approximate surface area is 152 Å². The summed E-state index contributed by atoms with van der Waals surface area (Å²) < 4.78 is 0. The molecule has 2 amide bonds. The average molecular weight is 350 g/mol. The van der Waals surface area contributed by atoms with Crippen LogP contribution in [0.1, 0.15) is 46.6 Å². The van der Waals surface area contributed by atoms with E-state index in [1.807, 2.05) is 36.2 Å². The van der Waals surface area contributed by atoms with E-state index in [1.54, 1.807) is 4.90 Å². The highest BCUT2D eigenvalue weighted by Gasteiger charge is 2.52. The van der Waals surface area contributed by atoms with Crippen LogP contribution >= 0.6 is 0 Å². The van der Waals surface area contributed by atoms with E-state index >= 15 is 0 Å². The lowest BCUT2D eigenvalue weighted by molar-refractivity contribution is -0.124. The molecule has 3 heterocycles. The van der Waals surface area contributed by atoms with Crippen LogP contribution in [0.3, 0.4) is 0 Å². The van der Waals surface area contributed by atoms with Crippen LogP contribution < -0.4 is 4.90 Å². The van der Waals surface area contributed by atoms with Crippen molar-refractivity contribution in [3.8, 4) is 0 Å². The van der Waals surface area contributed by atoms with E-state index < -0.39 is 5.41 Å². The van der Waals surface area contributed by atoms with Gasteiger partial charge < -0.3 is 9.80 Å².